The van der Waals surface area contributed by atoms with E-state index in [1.165, 1.54) is 29.4 Å². The molecule has 0 aliphatic carbocycles. The van der Waals surface area contributed by atoms with Gasteiger partial charge in [0, 0.05) is 35.6 Å². The predicted octanol–water partition coefficient (Wildman–Crippen LogP) is 4.83. The summed E-state index contributed by atoms with van der Waals surface area (Å²) in [6.45, 7) is 0.269. The molecule has 0 spiro atoms. The summed E-state index contributed by atoms with van der Waals surface area (Å²) in [4.78, 5) is 22.4. The highest BCUT2D eigenvalue weighted by Crippen LogP contribution is 2.42. The molecule has 0 radical (unpaired) electrons. The number of fused-ring (bicyclic) bond motifs is 1. The maximum atomic E-state index is 13.3. The van der Waals surface area contributed by atoms with Crippen molar-refractivity contribution in [3.05, 3.63) is 53.2 Å². The van der Waals surface area contributed by atoms with Crippen molar-refractivity contribution < 1.29 is 22.7 Å². The lowest BCUT2D eigenvalue weighted by Crippen LogP contribution is -2.33. The predicted molar refractivity (Wildman–Crippen MR) is 103 cm³/mol. The van der Waals surface area contributed by atoms with E-state index in [4.69, 9.17) is 4.74 Å². The number of benzene rings is 1. The summed E-state index contributed by atoms with van der Waals surface area (Å²) >= 11 is 1.33. The van der Waals surface area contributed by atoms with Crippen LogP contribution in [0.25, 0.3) is 10.6 Å². The van der Waals surface area contributed by atoms with Gasteiger partial charge in [0.1, 0.15) is 16.6 Å². The Labute approximate surface area is 168 Å². The van der Waals surface area contributed by atoms with E-state index in [2.05, 4.69) is 15.3 Å². The number of rotatable bonds is 3. The summed E-state index contributed by atoms with van der Waals surface area (Å²) < 4.78 is 44.9. The molecule has 3 aromatic rings. The van der Waals surface area contributed by atoms with Crippen molar-refractivity contribution in [2.24, 2.45) is 0 Å². The Balaban J connectivity index is 1.57. The van der Waals surface area contributed by atoms with Gasteiger partial charge >= 0.3 is 12.2 Å². The minimum Gasteiger partial charge on any atom is -0.496 e. The lowest BCUT2D eigenvalue weighted by Gasteiger charge is -2.20. The maximum Gasteiger partial charge on any atom is 0.420 e. The topological polar surface area (TPSA) is 67.3 Å². The number of aromatic nitrogens is 2. The molecule has 0 unspecified atom stereocenters. The van der Waals surface area contributed by atoms with E-state index in [-0.39, 0.29) is 18.0 Å². The van der Waals surface area contributed by atoms with Crippen LogP contribution in [0.1, 0.15) is 11.1 Å². The molecule has 1 N–H and O–H groups in total. The quantitative estimate of drug-likeness (QED) is 0.659. The number of pyridine rings is 1. The molecular formula is C19H15F3N4O2S. The summed E-state index contributed by atoms with van der Waals surface area (Å²) in [5, 5.41) is 5.01. The van der Waals surface area contributed by atoms with E-state index in [9.17, 15) is 18.0 Å². The molecule has 150 valence electrons. The van der Waals surface area contributed by atoms with Crippen LogP contribution in [-0.2, 0) is 12.6 Å². The number of ether oxygens (including phenoxy) is 1. The number of thiazole rings is 1. The average molecular weight is 420 g/mol. The zero-order chi connectivity index (χ0) is 20.6. The number of alkyl halides is 3. The minimum absolute atomic E-state index is 0.221. The third-order valence-corrected chi connectivity index (χ3v) is 5.39. The Hall–Kier alpha value is -3.14. The van der Waals surface area contributed by atoms with E-state index in [0.29, 0.717) is 22.8 Å². The summed E-state index contributed by atoms with van der Waals surface area (Å²) in [5.41, 5.74) is 0.745. The summed E-state index contributed by atoms with van der Waals surface area (Å²) in [7, 11) is 1.19. The fourth-order valence-corrected chi connectivity index (χ4v) is 3.89. The van der Waals surface area contributed by atoms with Crippen LogP contribution in [0.4, 0.5) is 29.5 Å². The molecule has 0 saturated carbocycles. The normalized spacial score (nSPS) is 13.3. The molecule has 1 aliphatic rings. The first kappa shape index (κ1) is 19.2. The summed E-state index contributed by atoms with van der Waals surface area (Å²) in [6.07, 6.45) is -0.837. The Kier molecular flexibility index (Phi) is 4.87. The molecule has 0 bridgehead atoms. The lowest BCUT2D eigenvalue weighted by molar-refractivity contribution is -0.138. The molecule has 10 heteroatoms. The van der Waals surface area contributed by atoms with E-state index < -0.39 is 17.8 Å². The number of urea groups is 1. The fraction of sp³-hybridized carbons (Fsp3) is 0.211. The van der Waals surface area contributed by atoms with Gasteiger partial charge in [-0.05, 0) is 36.2 Å². The van der Waals surface area contributed by atoms with Gasteiger partial charge < -0.3 is 4.74 Å². The molecule has 29 heavy (non-hydrogen) atoms. The van der Waals surface area contributed by atoms with Crippen LogP contribution in [0.3, 0.4) is 0 Å². The van der Waals surface area contributed by atoms with Gasteiger partial charge in [-0.15, -0.1) is 11.3 Å². The average Bonchev–Trinajstić information content (AvgIpc) is 3.33. The molecule has 1 aliphatic heterocycles. The smallest absolute Gasteiger partial charge is 0.420 e. The van der Waals surface area contributed by atoms with E-state index in [1.54, 1.807) is 23.8 Å². The number of carbonyl (C=O) groups is 1. The number of nitrogens with zero attached hydrogens (tertiary/aromatic N) is 3. The Morgan fingerprint density at radius 3 is 2.86 bits per heavy atom. The molecule has 6 nitrogen and oxygen atoms in total. The van der Waals surface area contributed by atoms with Gasteiger partial charge in [-0.25, -0.2) is 9.78 Å². The largest absolute Gasteiger partial charge is 0.496 e. The third kappa shape index (κ3) is 3.75. The number of amides is 2. The Morgan fingerprint density at radius 1 is 1.34 bits per heavy atom. The zero-order valence-corrected chi connectivity index (χ0v) is 16.0. The number of nitrogens with one attached hydrogen (secondary N) is 1. The van der Waals surface area contributed by atoms with Crippen LogP contribution in [0.2, 0.25) is 0 Å². The second-order valence-corrected chi connectivity index (χ2v) is 7.15. The zero-order valence-electron chi connectivity index (χ0n) is 15.2. The highest BCUT2D eigenvalue weighted by Gasteiger charge is 2.37. The lowest BCUT2D eigenvalue weighted by atomic mass is 10.1. The standard InChI is InChI=1S/C19H15F3N4O2S/c1-28-15-7-11-4-6-26(14(11)8-13(15)19(20,21)22)18(27)25-16-10-29-17(24-16)12-3-2-5-23-9-12/h2-3,5,7-10H,4,6H2,1H3,(H,25,27). The molecule has 2 aromatic heterocycles. The van der Waals surface area contributed by atoms with Gasteiger partial charge in [-0.1, -0.05) is 0 Å². The number of anilines is 2. The van der Waals surface area contributed by atoms with Crippen molar-refractivity contribution in [2.45, 2.75) is 12.6 Å². The fourth-order valence-electron chi connectivity index (χ4n) is 3.15. The number of hydrogen-bond acceptors (Lipinski definition) is 5. The van der Waals surface area contributed by atoms with Gasteiger partial charge in [0.25, 0.3) is 0 Å². The van der Waals surface area contributed by atoms with Gasteiger partial charge in [0.15, 0.2) is 0 Å². The number of methoxy groups -OCH3 is 1. The minimum atomic E-state index is -4.58. The van der Waals surface area contributed by atoms with Crippen LogP contribution in [0.5, 0.6) is 5.75 Å². The van der Waals surface area contributed by atoms with Crippen molar-refractivity contribution in [1.29, 1.82) is 0 Å². The molecule has 1 aromatic carbocycles. The molecule has 0 fully saturated rings. The first-order valence-electron chi connectivity index (χ1n) is 8.59. The molecule has 4 rings (SSSR count). The number of halogens is 3. The van der Waals surface area contributed by atoms with Gasteiger partial charge in [-0.3, -0.25) is 15.2 Å². The number of carbonyl (C=O) groups excluding carboxylic acids is 1. The molecule has 0 saturated heterocycles. The monoisotopic (exact) mass is 420 g/mol. The Bertz CT molecular complexity index is 1050. The van der Waals surface area contributed by atoms with Crippen LogP contribution in [-0.4, -0.2) is 29.7 Å². The second-order valence-electron chi connectivity index (χ2n) is 6.29. The first-order chi connectivity index (χ1) is 13.9. The summed E-state index contributed by atoms with van der Waals surface area (Å²) in [6, 6.07) is 5.39. The second kappa shape index (κ2) is 7.36. The van der Waals surface area contributed by atoms with E-state index in [1.807, 2.05) is 6.07 Å². The SMILES string of the molecule is COc1cc2c(cc1C(F)(F)F)N(C(=O)Nc1csc(-c3cccnc3)n1)CC2. The van der Waals surface area contributed by atoms with Crippen molar-refractivity contribution in [3.63, 3.8) is 0 Å². The first-order valence-corrected chi connectivity index (χ1v) is 9.47. The van der Waals surface area contributed by atoms with Crippen LogP contribution in [0.15, 0.2) is 42.0 Å². The maximum absolute atomic E-state index is 13.3. The van der Waals surface area contributed by atoms with E-state index in [0.717, 1.165) is 11.6 Å². The van der Waals surface area contributed by atoms with Crippen LogP contribution < -0.4 is 15.0 Å². The highest BCUT2D eigenvalue weighted by atomic mass is 32.1. The number of hydrogen-bond donors (Lipinski definition) is 1. The van der Waals surface area contributed by atoms with Crippen molar-refractivity contribution in [1.82, 2.24) is 9.97 Å². The molecule has 3 heterocycles. The van der Waals surface area contributed by atoms with Gasteiger partial charge in [0.2, 0.25) is 0 Å². The van der Waals surface area contributed by atoms with Crippen molar-refractivity contribution in [2.75, 3.05) is 23.9 Å². The van der Waals surface area contributed by atoms with Crippen LogP contribution in [0, 0.1) is 0 Å². The summed E-state index contributed by atoms with van der Waals surface area (Å²) in [5.74, 6) is 0.0796. The van der Waals surface area contributed by atoms with E-state index >= 15 is 0 Å². The van der Waals surface area contributed by atoms with Gasteiger partial charge in [-0.2, -0.15) is 13.2 Å². The third-order valence-electron chi connectivity index (χ3n) is 4.49. The highest BCUT2D eigenvalue weighted by molar-refractivity contribution is 7.13. The molecule has 2 amide bonds. The molecule has 0 atom stereocenters. The molecular weight excluding hydrogens is 405 g/mol. The Morgan fingerprint density at radius 2 is 2.17 bits per heavy atom. The van der Waals surface area contributed by atoms with Crippen LogP contribution >= 0.6 is 11.3 Å². The van der Waals surface area contributed by atoms with Gasteiger partial charge in [0.05, 0.1) is 12.7 Å². The van der Waals surface area contributed by atoms with Crippen molar-refractivity contribution in [3.8, 4) is 16.3 Å². The van der Waals surface area contributed by atoms with Crippen molar-refractivity contribution >= 4 is 28.9 Å².